The third-order valence-electron chi connectivity index (χ3n) is 4.19. The standard InChI is InChI=1S/C19H26N2O3/c1-5-24-19(4,15-6-7-15)18(22)21-17-9-8-16(10-14(17)11-20)23-12-13(2)3/h8-10,13,15H,5-7,12H2,1-4H3,(H,21,22). The molecule has 0 heterocycles. The van der Waals surface area contributed by atoms with Crippen molar-refractivity contribution >= 4 is 11.6 Å². The van der Waals surface area contributed by atoms with Crippen molar-refractivity contribution in [1.82, 2.24) is 0 Å². The van der Waals surface area contributed by atoms with Gasteiger partial charge in [-0.3, -0.25) is 4.79 Å². The molecule has 1 atom stereocenters. The van der Waals surface area contributed by atoms with Gasteiger partial charge in [0.25, 0.3) is 5.91 Å². The molecule has 1 aliphatic carbocycles. The second-order valence-corrected chi connectivity index (χ2v) is 6.79. The van der Waals surface area contributed by atoms with Gasteiger partial charge in [0.15, 0.2) is 0 Å². The lowest BCUT2D eigenvalue weighted by molar-refractivity contribution is -0.141. The molecule has 1 aromatic rings. The Hall–Kier alpha value is -2.06. The van der Waals surface area contributed by atoms with E-state index in [2.05, 4.69) is 25.2 Å². The van der Waals surface area contributed by atoms with Gasteiger partial charge in [0.05, 0.1) is 17.9 Å². The quantitative estimate of drug-likeness (QED) is 0.788. The SMILES string of the molecule is CCOC(C)(C(=O)Nc1ccc(OCC(C)C)cc1C#N)C1CC1. The molecule has 1 aromatic carbocycles. The molecular weight excluding hydrogens is 304 g/mol. The number of nitriles is 1. The molecule has 1 saturated carbocycles. The van der Waals surface area contributed by atoms with Crippen LogP contribution in [0.1, 0.15) is 46.1 Å². The summed E-state index contributed by atoms with van der Waals surface area (Å²) in [4.78, 5) is 12.7. The van der Waals surface area contributed by atoms with Crippen molar-refractivity contribution in [2.45, 2.75) is 46.1 Å². The largest absolute Gasteiger partial charge is 0.493 e. The molecule has 2 rings (SSSR count). The third-order valence-corrected chi connectivity index (χ3v) is 4.19. The molecule has 0 aliphatic heterocycles. The molecule has 130 valence electrons. The summed E-state index contributed by atoms with van der Waals surface area (Å²) in [7, 11) is 0. The van der Waals surface area contributed by atoms with E-state index in [4.69, 9.17) is 9.47 Å². The minimum Gasteiger partial charge on any atom is -0.493 e. The van der Waals surface area contributed by atoms with Crippen molar-refractivity contribution < 1.29 is 14.3 Å². The van der Waals surface area contributed by atoms with Crippen LogP contribution < -0.4 is 10.1 Å². The summed E-state index contributed by atoms with van der Waals surface area (Å²) in [6.07, 6.45) is 1.99. The van der Waals surface area contributed by atoms with Gasteiger partial charge < -0.3 is 14.8 Å². The Labute approximate surface area is 144 Å². The van der Waals surface area contributed by atoms with Gasteiger partial charge >= 0.3 is 0 Å². The maximum atomic E-state index is 12.7. The van der Waals surface area contributed by atoms with E-state index in [0.717, 1.165) is 12.8 Å². The second-order valence-electron chi connectivity index (χ2n) is 6.79. The van der Waals surface area contributed by atoms with Crippen molar-refractivity contribution in [3.63, 3.8) is 0 Å². The van der Waals surface area contributed by atoms with Crippen molar-refractivity contribution in [2.75, 3.05) is 18.5 Å². The first-order valence-corrected chi connectivity index (χ1v) is 8.53. The van der Waals surface area contributed by atoms with E-state index in [9.17, 15) is 10.1 Å². The highest BCUT2D eigenvalue weighted by molar-refractivity contribution is 5.98. The molecule has 1 N–H and O–H groups in total. The summed E-state index contributed by atoms with van der Waals surface area (Å²) in [5.41, 5.74) is 0.0408. The smallest absolute Gasteiger partial charge is 0.256 e. The second kappa shape index (κ2) is 7.67. The van der Waals surface area contributed by atoms with E-state index in [1.807, 2.05) is 13.8 Å². The van der Waals surface area contributed by atoms with Gasteiger partial charge in [-0.2, -0.15) is 5.26 Å². The van der Waals surface area contributed by atoms with Crippen LogP contribution in [0.4, 0.5) is 5.69 Å². The van der Waals surface area contributed by atoms with Crippen LogP contribution in [0.3, 0.4) is 0 Å². The summed E-state index contributed by atoms with van der Waals surface area (Å²) in [6, 6.07) is 7.27. The number of hydrogen-bond acceptors (Lipinski definition) is 4. The molecular formula is C19H26N2O3. The number of ether oxygens (including phenoxy) is 2. The minimum absolute atomic E-state index is 0.195. The Morgan fingerprint density at radius 1 is 1.46 bits per heavy atom. The Bertz CT molecular complexity index is 632. The zero-order valence-corrected chi connectivity index (χ0v) is 14.9. The molecule has 0 spiro atoms. The fraction of sp³-hybridized carbons (Fsp3) is 0.579. The van der Waals surface area contributed by atoms with Gasteiger partial charge in [-0.25, -0.2) is 0 Å². The summed E-state index contributed by atoms with van der Waals surface area (Å²) in [6.45, 7) is 8.90. The number of nitrogens with one attached hydrogen (secondary N) is 1. The van der Waals surface area contributed by atoms with E-state index in [1.54, 1.807) is 18.2 Å². The van der Waals surface area contributed by atoms with E-state index in [-0.39, 0.29) is 11.8 Å². The number of carbonyl (C=O) groups is 1. The lowest BCUT2D eigenvalue weighted by Crippen LogP contribution is -2.45. The number of anilines is 1. The highest BCUT2D eigenvalue weighted by Gasteiger charge is 2.48. The molecule has 0 bridgehead atoms. The molecule has 24 heavy (non-hydrogen) atoms. The maximum Gasteiger partial charge on any atom is 0.256 e. The number of hydrogen-bond donors (Lipinski definition) is 1. The topological polar surface area (TPSA) is 71.3 Å². The van der Waals surface area contributed by atoms with E-state index >= 15 is 0 Å². The first-order chi connectivity index (χ1) is 11.4. The Morgan fingerprint density at radius 2 is 2.17 bits per heavy atom. The molecule has 1 amide bonds. The highest BCUT2D eigenvalue weighted by atomic mass is 16.5. The summed E-state index contributed by atoms with van der Waals surface area (Å²) >= 11 is 0. The zero-order valence-electron chi connectivity index (χ0n) is 14.9. The summed E-state index contributed by atoms with van der Waals surface area (Å²) in [5, 5.41) is 12.2. The van der Waals surface area contributed by atoms with Crippen molar-refractivity contribution in [3.05, 3.63) is 23.8 Å². The highest BCUT2D eigenvalue weighted by Crippen LogP contribution is 2.42. The van der Waals surface area contributed by atoms with Crippen LogP contribution in [-0.4, -0.2) is 24.7 Å². The first kappa shape index (κ1) is 18.3. The lowest BCUT2D eigenvalue weighted by Gasteiger charge is -2.28. The molecule has 5 nitrogen and oxygen atoms in total. The van der Waals surface area contributed by atoms with Crippen LogP contribution in [0.5, 0.6) is 5.75 Å². The monoisotopic (exact) mass is 330 g/mol. The number of carbonyl (C=O) groups excluding carboxylic acids is 1. The number of nitrogens with zero attached hydrogens (tertiary/aromatic N) is 1. The van der Waals surface area contributed by atoms with Crippen molar-refractivity contribution in [1.29, 1.82) is 5.26 Å². The van der Waals surface area contributed by atoms with Crippen molar-refractivity contribution in [3.8, 4) is 11.8 Å². The van der Waals surface area contributed by atoms with E-state index < -0.39 is 5.60 Å². The van der Waals surface area contributed by atoms with E-state index in [1.165, 1.54) is 0 Å². The van der Waals surface area contributed by atoms with Crippen LogP contribution in [0, 0.1) is 23.2 Å². The van der Waals surface area contributed by atoms with Gasteiger partial charge in [-0.15, -0.1) is 0 Å². The summed E-state index contributed by atoms with van der Waals surface area (Å²) < 4.78 is 11.4. The fourth-order valence-electron chi connectivity index (χ4n) is 2.63. The van der Waals surface area contributed by atoms with E-state index in [0.29, 0.717) is 36.1 Å². The Kier molecular flexibility index (Phi) is 5.84. The zero-order chi connectivity index (χ0) is 17.7. The molecule has 1 unspecified atom stereocenters. The molecule has 1 aliphatic rings. The fourth-order valence-corrected chi connectivity index (χ4v) is 2.63. The average Bonchev–Trinajstić information content (AvgIpc) is 3.39. The Morgan fingerprint density at radius 3 is 2.71 bits per heavy atom. The van der Waals surface area contributed by atoms with Gasteiger partial charge in [0.1, 0.15) is 17.4 Å². The van der Waals surface area contributed by atoms with Crippen LogP contribution >= 0.6 is 0 Å². The van der Waals surface area contributed by atoms with Crippen LogP contribution in [-0.2, 0) is 9.53 Å². The predicted molar refractivity (Wildman–Crippen MR) is 92.9 cm³/mol. The van der Waals surface area contributed by atoms with Crippen LogP contribution in [0.25, 0.3) is 0 Å². The maximum absolute atomic E-state index is 12.7. The average molecular weight is 330 g/mol. The van der Waals surface area contributed by atoms with Gasteiger partial charge in [0, 0.05) is 6.61 Å². The molecule has 1 fully saturated rings. The molecule has 0 saturated heterocycles. The molecule has 0 aromatic heterocycles. The van der Waals surface area contributed by atoms with Gasteiger partial charge in [-0.05, 0) is 56.7 Å². The van der Waals surface area contributed by atoms with Gasteiger partial charge in [0.2, 0.25) is 0 Å². The van der Waals surface area contributed by atoms with Crippen LogP contribution in [0.2, 0.25) is 0 Å². The predicted octanol–water partition coefficient (Wildman–Crippen LogP) is 3.74. The van der Waals surface area contributed by atoms with Crippen molar-refractivity contribution in [2.24, 2.45) is 11.8 Å². The first-order valence-electron chi connectivity index (χ1n) is 8.53. The lowest BCUT2D eigenvalue weighted by atomic mass is 9.98. The molecule has 5 heteroatoms. The van der Waals surface area contributed by atoms with Gasteiger partial charge in [-0.1, -0.05) is 13.8 Å². The Balaban J connectivity index is 2.13. The number of benzene rings is 1. The molecule has 0 radical (unpaired) electrons. The summed E-state index contributed by atoms with van der Waals surface area (Å²) in [5.74, 6) is 1.09. The third kappa shape index (κ3) is 4.27. The normalized spacial score (nSPS) is 16.3. The number of rotatable bonds is 8. The van der Waals surface area contributed by atoms with Crippen LogP contribution in [0.15, 0.2) is 18.2 Å². The minimum atomic E-state index is -0.839. The number of amides is 1.